The van der Waals surface area contributed by atoms with Crippen LogP contribution in [0.2, 0.25) is 0 Å². The number of allylic oxidation sites excluding steroid dienone is 3. The highest BCUT2D eigenvalue weighted by Crippen LogP contribution is 2.62. The van der Waals surface area contributed by atoms with Crippen molar-refractivity contribution in [3.63, 3.8) is 0 Å². The van der Waals surface area contributed by atoms with Gasteiger partial charge in [-0.3, -0.25) is 4.98 Å². The molecule has 11 rings (SSSR count). The maximum Gasteiger partial charge on any atom is 0.164 e. The van der Waals surface area contributed by atoms with Crippen LogP contribution in [0.4, 0.5) is 0 Å². The summed E-state index contributed by atoms with van der Waals surface area (Å²) < 4.78 is 6.64. The van der Waals surface area contributed by atoms with Crippen molar-refractivity contribution in [1.82, 2.24) is 19.9 Å². The molecule has 0 saturated carbocycles. The predicted octanol–water partition coefficient (Wildman–Crippen LogP) is 13.3. The summed E-state index contributed by atoms with van der Waals surface area (Å²) in [4.78, 5) is 20.3. The Morgan fingerprint density at radius 3 is 1.68 bits per heavy atom. The van der Waals surface area contributed by atoms with Gasteiger partial charge < -0.3 is 4.74 Å². The molecule has 7 aromatic carbocycles. The zero-order chi connectivity index (χ0) is 40.2. The molecule has 60 heavy (non-hydrogen) atoms. The molecule has 2 aromatic heterocycles. The van der Waals surface area contributed by atoms with Gasteiger partial charge in [0.2, 0.25) is 0 Å². The molecule has 0 radical (unpaired) electrons. The summed E-state index contributed by atoms with van der Waals surface area (Å²) in [6, 6.07) is 61.7. The van der Waals surface area contributed by atoms with Gasteiger partial charge in [0, 0.05) is 45.0 Å². The van der Waals surface area contributed by atoms with Crippen LogP contribution in [-0.2, 0) is 5.41 Å². The number of hydrogen-bond acceptors (Lipinski definition) is 5. The molecule has 0 N–H and O–H groups in total. The Hall–Kier alpha value is -7.76. The van der Waals surface area contributed by atoms with Crippen LogP contribution in [-0.4, -0.2) is 19.9 Å². The Bertz CT molecular complexity index is 3180. The normalized spacial score (nSPS) is 16.4. The van der Waals surface area contributed by atoms with E-state index in [-0.39, 0.29) is 0 Å². The first-order valence-electron chi connectivity index (χ1n) is 20.4. The average molecular weight is 771 g/mol. The summed E-state index contributed by atoms with van der Waals surface area (Å²) in [6.07, 6.45) is 6.17. The molecule has 0 bridgehead atoms. The number of nitrogens with zero attached hydrogens (tertiary/aromatic N) is 4. The lowest BCUT2D eigenvalue weighted by Crippen LogP contribution is -2.35. The molecule has 5 heteroatoms. The third kappa shape index (κ3) is 5.54. The van der Waals surface area contributed by atoms with E-state index in [0.717, 1.165) is 83.6 Å². The van der Waals surface area contributed by atoms with E-state index < -0.39 is 5.41 Å². The van der Waals surface area contributed by atoms with E-state index in [4.69, 9.17) is 24.7 Å². The van der Waals surface area contributed by atoms with Crippen molar-refractivity contribution < 1.29 is 4.74 Å². The summed E-state index contributed by atoms with van der Waals surface area (Å²) in [5.41, 5.74) is 14.5. The van der Waals surface area contributed by atoms with Crippen molar-refractivity contribution >= 4 is 10.9 Å². The number of hydrogen-bond donors (Lipinski definition) is 0. The fourth-order valence-corrected chi connectivity index (χ4v) is 9.29. The van der Waals surface area contributed by atoms with Gasteiger partial charge in [0.25, 0.3) is 0 Å². The van der Waals surface area contributed by atoms with Crippen LogP contribution in [0.1, 0.15) is 30.5 Å². The van der Waals surface area contributed by atoms with Gasteiger partial charge in [0.05, 0.1) is 10.9 Å². The molecular formula is C55H38N4O. The molecule has 0 fully saturated rings. The number of pyridine rings is 1. The second-order valence-electron chi connectivity index (χ2n) is 15.2. The molecule has 1 atom stereocenters. The Morgan fingerprint density at radius 2 is 0.983 bits per heavy atom. The maximum atomic E-state index is 6.64. The molecule has 2 aliphatic rings. The fraction of sp³-hybridized carbons (Fsp3) is 0.0545. The summed E-state index contributed by atoms with van der Waals surface area (Å²) in [5, 5.41) is 1.11. The monoisotopic (exact) mass is 770 g/mol. The molecular weight excluding hydrogens is 733 g/mol. The summed E-state index contributed by atoms with van der Waals surface area (Å²) in [7, 11) is 0. The molecule has 0 saturated heterocycles. The van der Waals surface area contributed by atoms with Crippen molar-refractivity contribution in [2.45, 2.75) is 19.3 Å². The predicted molar refractivity (Wildman–Crippen MR) is 242 cm³/mol. The lowest BCUT2D eigenvalue weighted by Gasteiger charge is -2.41. The highest BCUT2D eigenvalue weighted by molar-refractivity contribution is 5.97. The van der Waals surface area contributed by atoms with Gasteiger partial charge in [-0.15, -0.1) is 0 Å². The fourth-order valence-electron chi connectivity index (χ4n) is 9.29. The van der Waals surface area contributed by atoms with Gasteiger partial charge in [-0.1, -0.05) is 158 Å². The molecule has 284 valence electrons. The van der Waals surface area contributed by atoms with Crippen LogP contribution < -0.4 is 4.74 Å². The zero-order valence-electron chi connectivity index (χ0n) is 33.2. The molecule has 9 aromatic rings. The third-order valence-corrected chi connectivity index (χ3v) is 12.0. The first-order chi connectivity index (χ1) is 29.6. The SMILES string of the molecule is C/C=C1\C(=C/C)Oc2ccccc2C12c1ccc(-c3nc(-c4ccccc4)nc(-c4ccc(-c5ccccc5)cc4)n3)cc1-c1cc(-c3cccc4cccnc34)ccc12. The smallest absolute Gasteiger partial charge is 0.164 e. The van der Waals surface area contributed by atoms with E-state index in [1.807, 2.05) is 48.7 Å². The first kappa shape index (κ1) is 35.4. The summed E-state index contributed by atoms with van der Waals surface area (Å²) in [5.74, 6) is 3.56. The minimum atomic E-state index is -0.621. The molecule has 0 amide bonds. The highest BCUT2D eigenvalue weighted by atomic mass is 16.5. The van der Waals surface area contributed by atoms with Crippen molar-refractivity contribution in [3.8, 4) is 73.3 Å². The Morgan fingerprint density at radius 1 is 0.433 bits per heavy atom. The number of ether oxygens (including phenoxy) is 1. The van der Waals surface area contributed by atoms with Crippen LogP contribution in [0.3, 0.4) is 0 Å². The minimum absolute atomic E-state index is 0.610. The number of fused-ring (bicyclic) bond motifs is 8. The lowest BCUT2D eigenvalue weighted by atomic mass is 9.65. The molecule has 1 aliphatic heterocycles. The van der Waals surface area contributed by atoms with Crippen molar-refractivity contribution in [2.75, 3.05) is 0 Å². The molecule has 1 aliphatic carbocycles. The zero-order valence-corrected chi connectivity index (χ0v) is 33.2. The number of rotatable bonds is 5. The topological polar surface area (TPSA) is 60.8 Å². The van der Waals surface area contributed by atoms with Gasteiger partial charge in [-0.25, -0.2) is 15.0 Å². The van der Waals surface area contributed by atoms with Crippen LogP contribution in [0.25, 0.3) is 78.4 Å². The molecule has 1 unspecified atom stereocenters. The van der Waals surface area contributed by atoms with Crippen LogP contribution >= 0.6 is 0 Å². The van der Waals surface area contributed by atoms with Crippen molar-refractivity contribution in [1.29, 1.82) is 0 Å². The maximum absolute atomic E-state index is 6.64. The van der Waals surface area contributed by atoms with Gasteiger partial charge in [0.15, 0.2) is 17.5 Å². The highest BCUT2D eigenvalue weighted by Gasteiger charge is 2.52. The lowest BCUT2D eigenvalue weighted by molar-refractivity contribution is 0.388. The van der Waals surface area contributed by atoms with E-state index in [1.54, 1.807) is 0 Å². The Kier molecular flexibility index (Phi) is 8.41. The van der Waals surface area contributed by atoms with Gasteiger partial charge in [0.1, 0.15) is 11.5 Å². The van der Waals surface area contributed by atoms with Crippen molar-refractivity contribution in [3.05, 3.63) is 222 Å². The van der Waals surface area contributed by atoms with E-state index in [1.165, 1.54) is 11.1 Å². The van der Waals surface area contributed by atoms with E-state index >= 15 is 0 Å². The largest absolute Gasteiger partial charge is 0.457 e. The van der Waals surface area contributed by atoms with E-state index in [9.17, 15) is 0 Å². The molecule has 3 heterocycles. The average Bonchev–Trinajstić information content (AvgIpc) is 3.60. The number of para-hydroxylation sites is 2. The van der Waals surface area contributed by atoms with Crippen LogP contribution in [0.5, 0.6) is 5.75 Å². The van der Waals surface area contributed by atoms with E-state index in [0.29, 0.717) is 17.5 Å². The third-order valence-electron chi connectivity index (χ3n) is 12.0. The minimum Gasteiger partial charge on any atom is -0.457 e. The second kappa shape index (κ2) is 14.3. The Labute approximate surface area is 349 Å². The molecule has 5 nitrogen and oxygen atoms in total. The van der Waals surface area contributed by atoms with Gasteiger partial charge in [-0.2, -0.15) is 0 Å². The standard InChI is InChI=1S/C55H38N4O/c1-3-45-49(4-2)60-50-23-12-11-22-48(50)55(45)46-30-28-40(42-21-13-19-37-20-14-32-56-51(37)42)33-43(46)44-34-41(29-31-47(44)55)54-58-52(38-17-9-6-10-18-38)57-53(59-54)39-26-24-36(25-27-39)35-15-7-5-8-16-35/h3-34H,1-2H3/b45-3+,49-4+. The van der Waals surface area contributed by atoms with Gasteiger partial charge in [-0.05, 0) is 83.1 Å². The molecule has 1 spiro atoms. The Balaban J connectivity index is 1.14. The van der Waals surface area contributed by atoms with Crippen LogP contribution in [0.15, 0.2) is 206 Å². The number of aromatic nitrogens is 4. The number of benzene rings is 7. The van der Waals surface area contributed by atoms with Crippen molar-refractivity contribution in [2.24, 2.45) is 0 Å². The summed E-state index contributed by atoms with van der Waals surface area (Å²) in [6.45, 7) is 4.17. The van der Waals surface area contributed by atoms with E-state index in [2.05, 4.69) is 159 Å². The first-order valence-corrected chi connectivity index (χ1v) is 20.4. The van der Waals surface area contributed by atoms with Gasteiger partial charge >= 0.3 is 0 Å². The van der Waals surface area contributed by atoms with Crippen LogP contribution in [0, 0.1) is 0 Å². The second-order valence-corrected chi connectivity index (χ2v) is 15.2. The quantitative estimate of drug-likeness (QED) is 0.174. The summed E-state index contributed by atoms with van der Waals surface area (Å²) >= 11 is 0.